The van der Waals surface area contributed by atoms with Crippen LogP contribution in [0.5, 0.6) is 0 Å². The molecule has 13 heteroatoms. The van der Waals surface area contributed by atoms with E-state index in [0.29, 0.717) is 10.1 Å². The Morgan fingerprint density at radius 3 is 2.41 bits per heavy atom. The molecule has 192 valence electrons. The van der Waals surface area contributed by atoms with Crippen molar-refractivity contribution in [2.45, 2.75) is 26.6 Å². The Balaban J connectivity index is 1.86. The lowest BCUT2D eigenvalue weighted by atomic mass is 10.0. The minimum absolute atomic E-state index is 0.0469. The highest BCUT2D eigenvalue weighted by Gasteiger charge is 2.33. The van der Waals surface area contributed by atoms with Crippen molar-refractivity contribution in [2.24, 2.45) is 0 Å². The van der Waals surface area contributed by atoms with Crippen molar-refractivity contribution in [3.05, 3.63) is 102 Å². The predicted octanol–water partition coefficient (Wildman–Crippen LogP) is 2.89. The summed E-state index contributed by atoms with van der Waals surface area (Å²) in [5.74, 6) is -1.61. The summed E-state index contributed by atoms with van der Waals surface area (Å²) in [5.41, 5.74) is -2.68. The molecular formula is C24H19F3N4O6. The molecule has 2 heterocycles. The van der Waals surface area contributed by atoms with Crippen molar-refractivity contribution in [1.29, 1.82) is 0 Å². The average Bonchev–Trinajstić information content (AvgIpc) is 3.28. The predicted molar refractivity (Wildman–Crippen MR) is 124 cm³/mol. The molecular weight excluding hydrogens is 497 g/mol. The standard InChI is InChI=1S/C24H19F3N4O6/c1-3-36-21(33)17-12-30(16-9-7-14(8-10-16)19-28-22(34)37-29-19)23(35)31(20(17)32)11-15-5-4-6-18(13(15)2)24(25,26)27/h4-10,12H,3,11H2,1-2H3,(H,28,29,34). The number of esters is 1. The molecule has 4 aromatic rings. The van der Waals surface area contributed by atoms with Gasteiger partial charge in [0.25, 0.3) is 5.56 Å². The van der Waals surface area contributed by atoms with Gasteiger partial charge in [0.15, 0.2) is 5.82 Å². The fourth-order valence-electron chi connectivity index (χ4n) is 3.74. The lowest BCUT2D eigenvalue weighted by molar-refractivity contribution is -0.138. The first kappa shape index (κ1) is 25.4. The van der Waals surface area contributed by atoms with Gasteiger partial charge in [0.05, 0.1) is 24.4 Å². The van der Waals surface area contributed by atoms with Crippen LogP contribution >= 0.6 is 0 Å². The second-order valence-electron chi connectivity index (χ2n) is 7.89. The number of hydrogen-bond acceptors (Lipinski definition) is 7. The maximum absolute atomic E-state index is 13.4. The van der Waals surface area contributed by atoms with Gasteiger partial charge < -0.3 is 4.74 Å². The highest BCUT2D eigenvalue weighted by atomic mass is 19.4. The number of carbonyl (C=O) groups is 1. The van der Waals surface area contributed by atoms with Crippen LogP contribution in [0.15, 0.2) is 67.6 Å². The number of carbonyl (C=O) groups excluding carboxylic acids is 1. The first-order valence-corrected chi connectivity index (χ1v) is 10.9. The van der Waals surface area contributed by atoms with Crippen molar-refractivity contribution in [3.8, 4) is 17.1 Å². The van der Waals surface area contributed by atoms with Crippen LogP contribution in [-0.4, -0.2) is 31.9 Å². The molecule has 0 atom stereocenters. The Bertz CT molecular complexity index is 1650. The molecule has 1 N–H and O–H groups in total. The smallest absolute Gasteiger partial charge is 0.439 e. The number of hydrogen-bond donors (Lipinski definition) is 1. The molecule has 0 unspecified atom stereocenters. The van der Waals surface area contributed by atoms with Crippen LogP contribution in [0.3, 0.4) is 0 Å². The molecule has 0 aliphatic rings. The minimum atomic E-state index is -4.63. The number of aromatic amines is 1. The van der Waals surface area contributed by atoms with E-state index < -0.39 is 46.8 Å². The van der Waals surface area contributed by atoms with E-state index in [0.717, 1.165) is 16.8 Å². The van der Waals surface area contributed by atoms with Crippen LogP contribution in [-0.2, 0) is 17.5 Å². The van der Waals surface area contributed by atoms with E-state index in [1.807, 2.05) is 0 Å². The molecule has 0 aliphatic heterocycles. The number of aromatic nitrogens is 4. The van der Waals surface area contributed by atoms with Crippen LogP contribution in [0.4, 0.5) is 13.2 Å². The molecule has 0 amide bonds. The van der Waals surface area contributed by atoms with Crippen LogP contribution in [0.25, 0.3) is 17.1 Å². The second kappa shape index (κ2) is 9.76. The molecule has 0 radical (unpaired) electrons. The number of benzene rings is 2. The molecule has 2 aromatic carbocycles. The summed E-state index contributed by atoms with van der Waals surface area (Å²) in [5, 5.41) is 3.57. The highest BCUT2D eigenvalue weighted by molar-refractivity contribution is 5.88. The third kappa shape index (κ3) is 5.01. The van der Waals surface area contributed by atoms with E-state index in [4.69, 9.17) is 4.74 Å². The zero-order valence-corrected chi connectivity index (χ0v) is 19.5. The van der Waals surface area contributed by atoms with Gasteiger partial charge >= 0.3 is 23.6 Å². The van der Waals surface area contributed by atoms with E-state index in [1.54, 1.807) is 0 Å². The number of ether oxygens (including phenoxy) is 1. The Morgan fingerprint density at radius 2 is 1.81 bits per heavy atom. The summed E-state index contributed by atoms with van der Waals surface area (Å²) in [6.45, 7) is 2.21. The molecule has 37 heavy (non-hydrogen) atoms. The average molecular weight is 516 g/mol. The number of H-pyrrole nitrogens is 1. The Morgan fingerprint density at radius 1 is 1.11 bits per heavy atom. The number of nitrogens with one attached hydrogen (secondary N) is 1. The van der Waals surface area contributed by atoms with Gasteiger partial charge in [-0.1, -0.05) is 17.3 Å². The van der Waals surface area contributed by atoms with Gasteiger partial charge in [-0.3, -0.25) is 23.4 Å². The van der Waals surface area contributed by atoms with Crippen molar-refractivity contribution in [2.75, 3.05) is 6.61 Å². The lowest BCUT2D eigenvalue weighted by Crippen LogP contribution is -2.42. The van der Waals surface area contributed by atoms with Crippen LogP contribution in [0, 0.1) is 6.92 Å². The maximum atomic E-state index is 13.4. The summed E-state index contributed by atoms with van der Waals surface area (Å²) in [4.78, 5) is 52.5. The number of nitrogens with zero attached hydrogens (tertiary/aromatic N) is 3. The number of halogens is 3. The maximum Gasteiger partial charge on any atom is 0.439 e. The quantitative estimate of drug-likeness (QED) is 0.390. The van der Waals surface area contributed by atoms with Crippen LogP contribution in [0.1, 0.15) is 34.0 Å². The van der Waals surface area contributed by atoms with E-state index in [2.05, 4.69) is 14.7 Å². The van der Waals surface area contributed by atoms with E-state index in [9.17, 15) is 32.3 Å². The molecule has 0 saturated heterocycles. The molecule has 0 saturated carbocycles. The first-order valence-electron chi connectivity index (χ1n) is 10.9. The third-order valence-corrected chi connectivity index (χ3v) is 5.61. The molecule has 0 spiro atoms. The summed E-state index contributed by atoms with van der Waals surface area (Å²) in [6.07, 6.45) is -3.61. The fraction of sp³-hybridized carbons (Fsp3) is 0.208. The normalized spacial score (nSPS) is 11.5. The van der Waals surface area contributed by atoms with Gasteiger partial charge in [0, 0.05) is 11.8 Å². The molecule has 10 nitrogen and oxygen atoms in total. The number of alkyl halides is 3. The van der Waals surface area contributed by atoms with Crippen molar-refractivity contribution in [1.82, 2.24) is 19.3 Å². The van der Waals surface area contributed by atoms with Crippen molar-refractivity contribution >= 4 is 5.97 Å². The number of rotatable bonds is 6. The Labute approximate surface area is 205 Å². The SMILES string of the molecule is CCOC(=O)c1cn(-c2ccc(-c3noc(=O)[nH]3)cc2)c(=O)n(Cc2cccc(C(F)(F)F)c2C)c1=O. The van der Waals surface area contributed by atoms with Gasteiger partial charge in [-0.25, -0.2) is 14.4 Å². The fourth-order valence-corrected chi connectivity index (χ4v) is 3.74. The molecule has 0 aliphatic carbocycles. The summed E-state index contributed by atoms with van der Waals surface area (Å²) in [6, 6.07) is 9.38. The largest absolute Gasteiger partial charge is 0.462 e. The van der Waals surface area contributed by atoms with Crippen LogP contribution in [0.2, 0.25) is 0 Å². The van der Waals surface area contributed by atoms with Gasteiger partial charge in [0.2, 0.25) is 0 Å². The molecule has 2 aromatic heterocycles. The topological polar surface area (TPSA) is 129 Å². The zero-order chi connectivity index (χ0) is 26.9. The zero-order valence-electron chi connectivity index (χ0n) is 19.5. The van der Waals surface area contributed by atoms with E-state index >= 15 is 0 Å². The summed E-state index contributed by atoms with van der Waals surface area (Å²) < 4.78 is 51.3. The second-order valence-corrected chi connectivity index (χ2v) is 7.89. The van der Waals surface area contributed by atoms with Crippen LogP contribution < -0.4 is 17.0 Å². The summed E-state index contributed by atoms with van der Waals surface area (Å²) >= 11 is 0. The van der Waals surface area contributed by atoms with Crippen molar-refractivity contribution < 1.29 is 27.2 Å². The van der Waals surface area contributed by atoms with Gasteiger partial charge in [0.1, 0.15) is 5.56 Å². The third-order valence-electron chi connectivity index (χ3n) is 5.61. The molecule has 4 rings (SSSR count). The Hall–Kier alpha value is -4.68. The van der Waals surface area contributed by atoms with Gasteiger partial charge in [-0.2, -0.15) is 13.2 Å². The molecule has 0 bridgehead atoms. The monoisotopic (exact) mass is 516 g/mol. The van der Waals surface area contributed by atoms with Gasteiger partial charge in [-0.15, -0.1) is 0 Å². The summed E-state index contributed by atoms with van der Waals surface area (Å²) in [7, 11) is 0. The minimum Gasteiger partial charge on any atom is -0.462 e. The Kier molecular flexibility index (Phi) is 6.70. The lowest BCUT2D eigenvalue weighted by Gasteiger charge is -2.16. The van der Waals surface area contributed by atoms with Crippen molar-refractivity contribution in [3.63, 3.8) is 0 Å². The highest BCUT2D eigenvalue weighted by Crippen LogP contribution is 2.33. The molecule has 0 fully saturated rings. The van der Waals surface area contributed by atoms with E-state index in [1.165, 1.54) is 50.2 Å². The first-order chi connectivity index (χ1) is 17.5. The van der Waals surface area contributed by atoms with Gasteiger partial charge in [-0.05, 0) is 55.3 Å². The van der Waals surface area contributed by atoms with E-state index in [-0.39, 0.29) is 29.2 Å².